The molecule has 0 saturated heterocycles. The Labute approximate surface area is 168 Å². The quantitative estimate of drug-likeness (QED) is 0.550. The molecule has 2 aromatic carbocycles. The molecule has 0 bridgehead atoms. The van der Waals surface area contributed by atoms with Crippen molar-refractivity contribution in [1.29, 1.82) is 0 Å². The molecule has 0 unspecified atom stereocenters. The van der Waals surface area contributed by atoms with Gasteiger partial charge in [0.25, 0.3) is 5.22 Å². The minimum Gasteiger partial charge on any atom is -0.411 e. The van der Waals surface area contributed by atoms with E-state index >= 15 is 0 Å². The minimum absolute atomic E-state index is 0.139. The number of hydrogen-bond donors (Lipinski definition) is 2. The predicted molar refractivity (Wildman–Crippen MR) is 108 cm³/mol. The summed E-state index contributed by atoms with van der Waals surface area (Å²) in [7, 11) is 0. The maximum Gasteiger partial charge on any atom is 0.277 e. The lowest BCUT2D eigenvalue weighted by Crippen LogP contribution is -2.13. The van der Waals surface area contributed by atoms with Gasteiger partial charge in [0.15, 0.2) is 0 Å². The monoisotopic (exact) mass is 446 g/mol. The highest BCUT2D eigenvalue weighted by atomic mass is 79.9. The lowest BCUT2D eigenvalue weighted by molar-refractivity contribution is -0.114. The van der Waals surface area contributed by atoms with Gasteiger partial charge in [0.1, 0.15) is 0 Å². The normalized spacial score (nSPS) is 10.4. The van der Waals surface area contributed by atoms with Gasteiger partial charge in [-0.25, -0.2) is 0 Å². The molecule has 2 N–H and O–H groups in total. The van der Waals surface area contributed by atoms with Crippen molar-refractivity contribution >= 4 is 50.9 Å². The summed E-state index contributed by atoms with van der Waals surface area (Å²) in [4.78, 5) is 23.1. The summed E-state index contributed by atoms with van der Waals surface area (Å²) in [6.07, 6.45) is 0. The number of anilines is 2. The van der Waals surface area contributed by atoms with Crippen LogP contribution in [0.3, 0.4) is 0 Å². The number of carbonyl (C=O) groups is 2. The lowest BCUT2D eigenvalue weighted by Gasteiger charge is -2.04. The number of aromatic nitrogens is 2. The van der Waals surface area contributed by atoms with E-state index in [2.05, 4.69) is 36.8 Å². The van der Waals surface area contributed by atoms with E-state index in [0.717, 1.165) is 21.8 Å². The van der Waals surface area contributed by atoms with Gasteiger partial charge in [-0.2, -0.15) is 0 Å². The Hall–Kier alpha value is -2.65. The van der Waals surface area contributed by atoms with Crippen molar-refractivity contribution in [2.24, 2.45) is 0 Å². The number of halogens is 1. The number of hydrogen-bond acceptors (Lipinski definition) is 6. The molecule has 0 atom stereocenters. The Balaban J connectivity index is 1.56. The second kappa shape index (κ2) is 8.83. The number of amides is 2. The Kier molecular flexibility index (Phi) is 6.25. The fourth-order valence-corrected chi connectivity index (χ4v) is 3.14. The molecular weight excluding hydrogens is 432 g/mol. The van der Waals surface area contributed by atoms with Crippen LogP contribution in [0.25, 0.3) is 11.5 Å². The molecule has 1 heterocycles. The average Bonchev–Trinajstić information content (AvgIpc) is 3.09. The lowest BCUT2D eigenvalue weighted by atomic mass is 10.2. The molecule has 3 aromatic rings. The largest absolute Gasteiger partial charge is 0.411 e. The fraction of sp³-hybridized carbons (Fsp3) is 0.111. The Bertz CT molecular complexity index is 959. The smallest absolute Gasteiger partial charge is 0.277 e. The van der Waals surface area contributed by atoms with E-state index in [1.54, 1.807) is 24.3 Å². The molecule has 0 aliphatic heterocycles. The zero-order chi connectivity index (χ0) is 19.2. The summed E-state index contributed by atoms with van der Waals surface area (Å²) < 4.78 is 6.46. The first-order valence-corrected chi connectivity index (χ1v) is 9.67. The van der Waals surface area contributed by atoms with Gasteiger partial charge in [-0.1, -0.05) is 33.8 Å². The van der Waals surface area contributed by atoms with E-state index in [9.17, 15) is 9.59 Å². The van der Waals surface area contributed by atoms with Gasteiger partial charge in [-0.15, -0.1) is 10.2 Å². The molecule has 27 heavy (non-hydrogen) atoms. The molecule has 7 nitrogen and oxygen atoms in total. The first-order chi connectivity index (χ1) is 13.0. The Morgan fingerprint density at radius 3 is 2.56 bits per heavy atom. The van der Waals surface area contributed by atoms with Crippen molar-refractivity contribution in [1.82, 2.24) is 10.2 Å². The minimum atomic E-state index is -0.169. The van der Waals surface area contributed by atoms with E-state index < -0.39 is 0 Å². The van der Waals surface area contributed by atoms with Crippen LogP contribution in [0.5, 0.6) is 0 Å². The van der Waals surface area contributed by atoms with Gasteiger partial charge in [-0.3, -0.25) is 9.59 Å². The van der Waals surface area contributed by atoms with Gasteiger partial charge in [0.2, 0.25) is 17.7 Å². The van der Waals surface area contributed by atoms with Crippen LogP contribution in [0, 0.1) is 0 Å². The van der Waals surface area contributed by atoms with E-state index in [-0.39, 0.29) is 17.6 Å². The van der Waals surface area contributed by atoms with E-state index in [0.29, 0.717) is 22.5 Å². The van der Waals surface area contributed by atoms with Crippen LogP contribution in [0.1, 0.15) is 6.92 Å². The molecule has 2 amide bonds. The molecule has 0 aliphatic carbocycles. The van der Waals surface area contributed by atoms with Crippen LogP contribution in [0.4, 0.5) is 11.4 Å². The van der Waals surface area contributed by atoms with Crippen molar-refractivity contribution < 1.29 is 14.0 Å². The van der Waals surface area contributed by atoms with Crippen LogP contribution in [-0.2, 0) is 9.59 Å². The maximum atomic E-state index is 12.0. The fourth-order valence-electron chi connectivity index (χ4n) is 2.17. The Morgan fingerprint density at radius 2 is 1.85 bits per heavy atom. The van der Waals surface area contributed by atoms with E-state index in [1.165, 1.54) is 6.92 Å². The molecule has 0 fully saturated rings. The molecule has 0 aliphatic rings. The van der Waals surface area contributed by atoms with Crippen molar-refractivity contribution in [2.75, 3.05) is 16.4 Å². The Morgan fingerprint density at radius 1 is 1.07 bits per heavy atom. The number of rotatable bonds is 6. The molecule has 1 aromatic heterocycles. The van der Waals surface area contributed by atoms with Crippen LogP contribution in [-0.4, -0.2) is 27.8 Å². The van der Waals surface area contributed by atoms with Gasteiger partial charge in [0, 0.05) is 28.3 Å². The second-order valence-corrected chi connectivity index (χ2v) is 7.32. The van der Waals surface area contributed by atoms with Crippen LogP contribution >= 0.6 is 27.7 Å². The van der Waals surface area contributed by atoms with Crippen LogP contribution in [0.2, 0.25) is 0 Å². The van der Waals surface area contributed by atoms with Crippen molar-refractivity contribution in [3.63, 3.8) is 0 Å². The number of nitrogens with one attached hydrogen (secondary N) is 2. The molecule has 9 heteroatoms. The summed E-state index contributed by atoms with van der Waals surface area (Å²) >= 11 is 4.52. The molecular formula is C18H15BrN4O3S. The van der Waals surface area contributed by atoms with Crippen molar-refractivity contribution in [3.8, 4) is 11.5 Å². The third kappa shape index (κ3) is 5.66. The highest BCUT2D eigenvalue weighted by Crippen LogP contribution is 2.24. The second-order valence-electron chi connectivity index (χ2n) is 5.48. The van der Waals surface area contributed by atoms with E-state index in [1.807, 2.05) is 24.3 Å². The topological polar surface area (TPSA) is 97.1 Å². The zero-order valence-corrected chi connectivity index (χ0v) is 16.6. The van der Waals surface area contributed by atoms with Crippen LogP contribution < -0.4 is 10.6 Å². The first-order valence-electron chi connectivity index (χ1n) is 7.89. The van der Waals surface area contributed by atoms with E-state index in [4.69, 9.17) is 4.42 Å². The molecule has 0 spiro atoms. The summed E-state index contributed by atoms with van der Waals surface area (Å²) in [5, 5.41) is 13.7. The average molecular weight is 447 g/mol. The summed E-state index contributed by atoms with van der Waals surface area (Å²) in [5.41, 5.74) is 2.12. The number of thioether (sulfide) groups is 1. The third-order valence-corrected chi connectivity index (χ3v) is 4.61. The summed E-state index contributed by atoms with van der Waals surface area (Å²) in [6, 6.07) is 14.4. The molecule has 3 rings (SSSR count). The van der Waals surface area contributed by atoms with Crippen LogP contribution in [0.15, 0.2) is 62.6 Å². The molecule has 138 valence electrons. The predicted octanol–water partition coefficient (Wildman–Crippen LogP) is 4.19. The SMILES string of the molecule is CC(=O)Nc1ccc(-c2nnc(SCC(=O)Nc3cccc(Br)c3)o2)cc1. The van der Waals surface area contributed by atoms with Crippen molar-refractivity contribution in [3.05, 3.63) is 53.0 Å². The van der Waals surface area contributed by atoms with Crippen molar-refractivity contribution in [2.45, 2.75) is 12.1 Å². The number of nitrogens with zero attached hydrogens (tertiary/aromatic N) is 2. The zero-order valence-electron chi connectivity index (χ0n) is 14.2. The summed E-state index contributed by atoms with van der Waals surface area (Å²) in [5.74, 6) is 0.187. The highest BCUT2D eigenvalue weighted by Gasteiger charge is 2.12. The molecule has 0 radical (unpaired) electrons. The van der Waals surface area contributed by atoms with Gasteiger partial charge >= 0.3 is 0 Å². The molecule has 0 saturated carbocycles. The first kappa shape index (κ1) is 19.1. The van der Waals surface area contributed by atoms with Gasteiger partial charge < -0.3 is 15.1 Å². The van der Waals surface area contributed by atoms with Gasteiger partial charge in [-0.05, 0) is 42.5 Å². The number of benzene rings is 2. The third-order valence-electron chi connectivity index (χ3n) is 3.29. The standard InChI is InChI=1S/C18H15BrN4O3S/c1-11(24)20-14-7-5-12(6-8-14)17-22-23-18(26-17)27-10-16(25)21-15-4-2-3-13(19)9-15/h2-9H,10H2,1H3,(H,20,24)(H,21,25). The maximum absolute atomic E-state index is 12.0. The number of carbonyl (C=O) groups excluding carboxylic acids is 2. The summed E-state index contributed by atoms with van der Waals surface area (Å²) in [6.45, 7) is 1.45. The highest BCUT2D eigenvalue weighted by molar-refractivity contribution is 9.10. The van der Waals surface area contributed by atoms with Gasteiger partial charge in [0.05, 0.1) is 5.75 Å².